The van der Waals surface area contributed by atoms with E-state index in [1.807, 2.05) is 30.3 Å². The molecule has 3 amide bonds. The van der Waals surface area contributed by atoms with Crippen LogP contribution in [0.25, 0.3) is 0 Å². The van der Waals surface area contributed by atoms with E-state index in [-0.39, 0.29) is 31.2 Å². The smallest absolute Gasteiger partial charge is 0.239 e. The molecule has 0 saturated carbocycles. The van der Waals surface area contributed by atoms with Gasteiger partial charge in [-0.25, -0.2) is 0 Å². The van der Waals surface area contributed by atoms with E-state index in [0.29, 0.717) is 0 Å². The van der Waals surface area contributed by atoms with Gasteiger partial charge in [0.15, 0.2) is 0 Å². The second-order valence-electron chi connectivity index (χ2n) is 4.45. The fourth-order valence-electron chi connectivity index (χ4n) is 1.54. The number of hydrogen-bond acceptors (Lipinski definition) is 3. The molecule has 0 heterocycles. The summed E-state index contributed by atoms with van der Waals surface area (Å²) in [6, 6.07) is 8.62. The molecule has 0 bridgehead atoms. The van der Waals surface area contributed by atoms with Crippen molar-refractivity contribution in [2.24, 2.45) is 5.73 Å². The molecule has 0 aliphatic rings. The van der Waals surface area contributed by atoms with Gasteiger partial charge in [-0.1, -0.05) is 30.3 Å². The Bertz CT molecular complexity index is 474. The van der Waals surface area contributed by atoms with Crippen LogP contribution in [0.2, 0.25) is 0 Å². The van der Waals surface area contributed by atoms with E-state index in [9.17, 15) is 14.4 Å². The molecule has 0 aliphatic heterocycles. The van der Waals surface area contributed by atoms with Crippen molar-refractivity contribution in [1.82, 2.24) is 10.6 Å². The third-order valence-electron chi connectivity index (χ3n) is 2.69. The Morgan fingerprint density at radius 1 is 1.15 bits per heavy atom. The SMILES string of the molecule is CC(NC(=O)CCNC(=O)Cc1ccccc1)C(N)=O. The van der Waals surface area contributed by atoms with Crippen LogP contribution in [0.1, 0.15) is 18.9 Å². The topological polar surface area (TPSA) is 101 Å². The molecule has 20 heavy (non-hydrogen) atoms. The van der Waals surface area contributed by atoms with Crippen LogP contribution in [0.5, 0.6) is 0 Å². The van der Waals surface area contributed by atoms with Crippen molar-refractivity contribution < 1.29 is 14.4 Å². The van der Waals surface area contributed by atoms with Crippen molar-refractivity contribution in [3.63, 3.8) is 0 Å². The molecule has 0 saturated heterocycles. The first-order valence-electron chi connectivity index (χ1n) is 6.38. The first-order chi connectivity index (χ1) is 9.49. The van der Waals surface area contributed by atoms with E-state index < -0.39 is 11.9 Å². The lowest BCUT2D eigenvalue weighted by Crippen LogP contribution is -2.43. The standard InChI is InChI=1S/C14H19N3O3/c1-10(14(15)20)17-12(18)7-8-16-13(19)9-11-5-3-2-4-6-11/h2-6,10H,7-9H2,1H3,(H2,15,20)(H,16,19)(H,17,18). The quantitative estimate of drug-likeness (QED) is 0.639. The fraction of sp³-hybridized carbons (Fsp3) is 0.357. The molecule has 0 fully saturated rings. The summed E-state index contributed by atoms with van der Waals surface area (Å²) in [5, 5.41) is 5.09. The Labute approximate surface area is 117 Å². The lowest BCUT2D eigenvalue weighted by Gasteiger charge is -2.10. The number of carbonyl (C=O) groups is 3. The minimum atomic E-state index is -0.706. The van der Waals surface area contributed by atoms with E-state index in [4.69, 9.17) is 5.73 Å². The number of carbonyl (C=O) groups excluding carboxylic acids is 3. The van der Waals surface area contributed by atoms with Gasteiger partial charge in [0.2, 0.25) is 17.7 Å². The molecular formula is C14H19N3O3. The molecule has 6 nitrogen and oxygen atoms in total. The Hall–Kier alpha value is -2.37. The van der Waals surface area contributed by atoms with Crippen LogP contribution in [0.15, 0.2) is 30.3 Å². The van der Waals surface area contributed by atoms with Crippen LogP contribution in [-0.2, 0) is 20.8 Å². The molecule has 4 N–H and O–H groups in total. The van der Waals surface area contributed by atoms with Crippen LogP contribution in [0, 0.1) is 0 Å². The highest BCUT2D eigenvalue weighted by Crippen LogP contribution is 1.99. The van der Waals surface area contributed by atoms with E-state index in [1.165, 1.54) is 6.92 Å². The summed E-state index contributed by atoms with van der Waals surface area (Å²) in [6.07, 6.45) is 0.387. The highest BCUT2D eigenvalue weighted by Gasteiger charge is 2.12. The zero-order valence-electron chi connectivity index (χ0n) is 11.4. The van der Waals surface area contributed by atoms with Crippen LogP contribution >= 0.6 is 0 Å². The van der Waals surface area contributed by atoms with Crippen LogP contribution < -0.4 is 16.4 Å². The Kier molecular flexibility index (Phi) is 6.22. The molecule has 108 valence electrons. The van der Waals surface area contributed by atoms with Gasteiger partial charge in [0.1, 0.15) is 6.04 Å². The molecule has 1 rings (SSSR count). The lowest BCUT2D eigenvalue weighted by molar-refractivity contribution is -0.127. The molecule has 0 radical (unpaired) electrons. The van der Waals surface area contributed by atoms with Crippen LogP contribution in [-0.4, -0.2) is 30.3 Å². The number of benzene rings is 1. The lowest BCUT2D eigenvalue weighted by atomic mass is 10.1. The van der Waals surface area contributed by atoms with Crippen molar-refractivity contribution in [3.8, 4) is 0 Å². The molecule has 1 atom stereocenters. The summed E-state index contributed by atoms with van der Waals surface area (Å²) in [4.78, 5) is 33.8. The highest BCUT2D eigenvalue weighted by atomic mass is 16.2. The van der Waals surface area contributed by atoms with Gasteiger partial charge in [0.25, 0.3) is 0 Å². The van der Waals surface area contributed by atoms with Gasteiger partial charge in [0.05, 0.1) is 6.42 Å². The average Bonchev–Trinajstić information content (AvgIpc) is 2.39. The minimum absolute atomic E-state index is 0.109. The number of primary amides is 1. The number of hydrogen-bond donors (Lipinski definition) is 3. The summed E-state index contributed by atoms with van der Waals surface area (Å²) in [5.74, 6) is -1.06. The maximum Gasteiger partial charge on any atom is 0.239 e. The normalized spacial score (nSPS) is 11.4. The Balaban J connectivity index is 2.22. The van der Waals surface area contributed by atoms with Crippen molar-refractivity contribution in [3.05, 3.63) is 35.9 Å². The monoisotopic (exact) mass is 277 g/mol. The zero-order chi connectivity index (χ0) is 15.0. The van der Waals surface area contributed by atoms with Gasteiger partial charge in [-0.2, -0.15) is 0 Å². The number of amides is 3. The molecular weight excluding hydrogens is 258 g/mol. The zero-order valence-corrected chi connectivity index (χ0v) is 11.4. The molecule has 6 heteroatoms. The number of nitrogens with one attached hydrogen (secondary N) is 2. The van der Waals surface area contributed by atoms with E-state index >= 15 is 0 Å². The van der Waals surface area contributed by atoms with Gasteiger partial charge in [-0.3, -0.25) is 14.4 Å². The third kappa shape index (κ3) is 5.99. The largest absolute Gasteiger partial charge is 0.368 e. The predicted octanol–water partition coefficient (Wildman–Crippen LogP) is -0.275. The highest BCUT2D eigenvalue weighted by molar-refractivity contribution is 5.86. The Morgan fingerprint density at radius 2 is 1.80 bits per heavy atom. The first-order valence-corrected chi connectivity index (χ1v) is 6.38. The number of nitrogens with two attached hydrogens (primary N) is 1. The minimum Gasteiger partial charge on any atom is -0.368 e. The van der Waals surface area contributed by atoms with Gasteiger partial charge in [-0.15, -0.1) is 0 Å². The van der Waals surface area contributed by atoms with Gasteiger partial charge < -0.3 is 16.4 Å². The molecule has 0 aliphatic carbocycles. The fourth-order valence-corrected chi connectivity index (χ4v) is 1.54. The molecule has 0 aromatic heterocycles. The van der Waals surface area contributed by atoms with Crippen molar-refractivity contribution in [2.45, 2.75) is 25.8 Å². The summed E-state index contributed by atoms with van der Waals surface area (Å²) in [7, 11) is 0. The molecule has 0 spiro atoms. The molecule has 1 unspecified atom stereocenters. The van der Waals surface area contributed by atoms with E-state index in [0.717, 1.165) is 5.56 Å². The second-order valence-corrected chi connectivity index (χ2v) is 4.45. The maximum atomic E-state index is 11.6. The Morgan fingerprint density at radius 3 is 2.40 bits per heavy atom. The van der Waals surface area contributed by atoms with Crippen molar-refractivity contribution in [2.75, 3.05) is 6.54 Å². The van der Waals surface area contributed by atoms with Gasteiger partial charge >= 0.3 is 0 Å². The van der Waals surface area contributed by atoms with E-state index in [1.54, 1.807) is 0 Å². The summed E-state index contributed by atoms with van der Waals surface area (Å²) in [6.45, 7) is 1.73. The maximum absolute atomic E-state index is 11.6. The predicted molar refractivity (Wildman–Crippen MR) is 74.6 cm³/mol. The third-order valence-corrected chi connectivity index (χ3v) is 2.69. The summed E-state index contributed by atoms with van der Waals surface area (Å²) >= 11 is 0. The average molecular weight is 277 g/mol. The van der Waals surface area contributed by atoms with Gasteiger partial charge in [-0.05, 0) is 12.5 Å². The molecule has 1 aromatic carbocycles. The van der Waals surface area contributed by atoms with Crippen LogP contribution in [0.4, 0.5) is 0 Å². The molecule has 1 aromatic rings. The van der Waals surface area contributed by atoms with Crippen LogP contribution in [0.3, 0.4) is 0 Å². The summed E-state index contributed by atoms with van der Waals surface area (Å²) in [5.41, 5.74) is 5.94. The van der Waals surface area contributed by atoms with Gasteiger partial charge in [0, 0.05) is 13.0 Å². The van der Waals surface area contributed by atoms with Crippen molar-refractivity contribution in [1.29, 1.82) is 0 Å². The van der Waals surface area contributed by atoms with E-state index in [2.05, 4.69) is 10.6 Å². The first kappa shape index (κ1) is 15.7. The second kappa shape index (κ2) is 7.93. The summed E-state index contributed by atoms with van der Waals surface area (Å²) < 4.78 is 0. The van der Waals surface area contributed by atoms with Crippen molar-refractivity contribution >= 4 is 17.7 Å². The number of rotatable bonds is 7.